The number of piperazine rings is 1. The smallest absolute Gasteiger partial charge is 0.276 e. The van der Waals surface area contributed by atoms with Crippen LogP contribution in [0.15, 0.2) is 48.5 Å². The van der Waals surface area contributed by atoms with Gasteiger partial charge in [0.2, 0.25) is 5.91 Å². The Hall–Kier alpha value is -3.72. The van der Waals surface area contributed by atoms with E-state index < -0.39 is 0 Å². The lowest BCUT2D eigenvalue weighted by Gasteiger charge is -2.34. The van der Waals surface area contributed by atoms with Crippen molar-refractivity contribution < 1.29 is 19.1 Å². The number of rotatable bonds is 5. The average molecular weight is 476 g/mol. The predicted molar refractivity (Wildman–Crippen MR) is 128 cm³/mol. The molecule has 2 amide bonds. The Morgan fingerprint density at radius 2 is 1.74 bits per heavy atom. The van der Waals surface area contributed by atoms with Gasteiger partial charge in [-0.25, -0.2) is 4.68 Å². The lowest BCUT2D eigenvalue weighted by atomic mass is 10.1. The van der Waals surface area contributed by atoms with Crippen LogP contribution >= 0.6 is 0 Å². The number of hydrogen-bond donors (Lipinski definition) is 0. The van der Waals surface area contributed by atoms with Gasteiger partial charge in [0.1, 0.15) is 11.9 Å². The maximum absolute atomic E-state index is 13.2. The predicted octanol–water partition coefficient (Wildman–Crippen LogP) is 2.39. The van der Waals surface area contributed by atoms with E-state index in [1.807, 2.05) is 24.3 Å². The van der Waals surface area contributed by atoms with Gasteiger partial charge in [-0.3, -0.25) is 9.59 Å². The molecule has 2 aliphatic rings. The van der Waals surface area contributed by atoms with Gasteiger partial charge < -0.3 is 19.3 Å². The second kappa shape index (κ2) is 9.87. The Balaban J connectivity index is 1.19. The first-order chi connectivity index (χ1) is 17.0. The van der Waals surface area contributed by atoms with Crippen LogP contribution in [0.3, 0.4) is 0 Å². The van der Waals surface area contributed by atoms with E-state index in [2.05, 4.69) is 41.5 Å². The Kier molecular flexibility index (Phi) is 6.50. The van der Waals surface area contributed by atoms with Gasteiger partial charge in [0, 0.05) is 31.7 Å². The molecular formula is C26H29N5O4. The zero-order chi connectivity index (χ0) is 24.4. The number of ether oxygens (including phenoxy) is 2. The van der Waals surface area contributed by atoms with Crippen molar-refractivity contribution in [3.8, 4) is 5.75 Å². The molecule has 0 radical (unpaired) electrons. The maximum atomic E-state index is 13.2. The summed E-state index contributed by atoms with van der Waals surface area (Å²) in [6.07, 6.45) is 0.154. The number of nitrogens with zero attached hydrogens (tertiary/aromatic N) is 5. The molecule has 2 aromatic carbocycles. The first kappa shape index (κ1) is 23.0. The van der Waals surface area contributed by atoms with Gasteiger partial charge in [0.25, 0.3) is 5.91 Å². The molecule has 9 heteroatoms. The molecule has 1 atom stereocenters. The molecule has 0 bridgehead atoms. The fourth-order valence-electron chi connectivity index (χ4n) is 4.59. The minimum absolute atomic E-state index is 0.0261. The second-order valence-electron chi connectivity index (χ2n) is 8.94. The minimum Gasteiger partial charge on any atom is -0.496 e. The Bertz CT molecular complexity index is 1210. The average Bonchev–Trinajstić information content (AvgIpc) is 3.32. The first-order valence-electron chi connectivity index (χ1n) is 11.8. The lowest BCUT2D eigenvalue weighted by Crippen LogP contribution is -2.51. The third-order valence-corrected chi connectivity index (χ3v) is 6.70. The van der Waals surface area contributed by atoms with Crippen LogP contribution < -0.4 is 4.74 Å². The number of para-hydroxylation sites is 1. The van der Waals surface area contributed by atoms with Crippen molar-refractivity contribution >= 4 is 11.8 Å². The minimum atomic E-state index is -0.166. The summed E-state index contributed by atoms with van der Waals surface area (Å²) in [7, 11) is 1.60. The Morgan fingerprint density at radius 3 is 2.49 bits per heavy atom. The molecular weight excluding hydrogens is 446 g/mol. The van der Waals surface area contributed by atoms with Gasteiger partial charge in [-0.2, -0.15) is 0 Å². The van der Waals surface area contributed by atoms with Gasteiger partial charge in [0.15, 0.2) is 5.69 Å². The number of carbonyl (C=O) groups is 2. The van der Waals surface area contributed by atoms with Gasteiger partial charge in [-0.05, 0) is 18.6 Å². The van der Waals surface area contributed by atoms with Crippen molar-refractivity contribution in [1.29, 1.82) is 0 Å². The number of carbonyl (C=O) groups excluding carboxylic acids is 2. The molecule has 0 unspecified atom stereocenters. The fraction of sp³-hybridized carbons (Fsp3) is 0.385. The molecule has 0 spiro atoms. The molecule has 9 nitrogen and oxygen atoms in total. The summed E-state index contributed by atoms with van der Waals surface area (Å²) in [4.78, 5) is 29.6. The summed E-state index contributed by atoms with van der Waals surface area (Å²) in [6, 6.07) is 15.8. The summed E-state index contributed by atoms with van der Waals surface area (Å²) < 4.78 is 13.2. The highest BCUT2D eigenvalue weighted by Gasteiger charge is 2.32. The van der Waals surface area contributed by atoms with Crippen molar-refractivity contribution in [2.45, 2.75) is 32.6 Å². The number of fused-ring (bicyclic) bond motifs is 1. The fourth-order valence-corrected chi connectivity index (χ4v) is 4.59. The van der Waals surface area contributed by atoms with Crippen LogP contribution in [-0.2, 0) is 29.1 Å². The van der Waals surface area contributed by atoms with E-state index in [0.717, 1.165) is 11.1 Å². The molecule has 35 heavy (non-hydrogen) atoms. The maximum Gasteiger partial charge on any atom is 0.276 e. The molecule has 0 N–H and O–H groups in total. The number of aromatic nitrogens is 3. The van der Waals surface area contributed by atoms with Crippen LogP contribution in [0.25, 0.3) is 0 Å². The molecule has 2 aliphatic heterocycles. The van der Waals surface area contributed by atoms with E-state index >= 15 is 0 Å². The van der Waals surface area contributed by atoms with Crippen molar-refractivity contribution in [2.75, 3.05) is 33.3 Å². The van der Waals surface area contributed by atoms with Crippen LogP contribution in [0.4, 0.5) is 0 Å². The van der Waals surface area contributed by atoms with Crippen molar-refractivity contribution in [3.63, 3.8) is 0 Å². The monoisotopic (exact) mass is 475 g/mol. The molecule has 1 saturated heterocycles. The van der Waals surface area contributed by atoms with Gasteiger partial charge in [0.05, 0.1) is 32.4 Å². The number of hydrogen-bond acceptors (Lipinski definition) is 6. The molecule has 5 rings (SSSR count). The standard InChI is InChI=1S/C26H29N5O4/c1-18-7-9-19(10-8-18)23-16-31-21(17-35-23)25(27-28-31)26(33)30-13-11-29(12-14-30)24(32)15-20-5-3-4-6-22(20)34-2/h3-10,23H,11-17H2,1-2H3/t23-/m1/s1. The summed E-state index contributed by atoms with van der Waals surface area (Å²) in [5.74, 6) is 0.567. The van der Waals surface area contributed by atoms with Crippen LogP contribution in [-0.4, -0.2) is 69.9 Å². The highest BCUT2D eigenvalue weighted by atomic mass is 16.5. The highest BCUT2D eigenvalue weighted by Crippen LogP contribution is 2.28. The van der Waals surface area contributed by atoms with Gasteiger partial charge in [-0.1, -0.05) is 53.2 Å². The first-order valence-corrected chi connectivity index (χ1v) is 11.8. The molecule has 0 saturated carbocycles. The van der Waals surface area contributed by atoms with E-state index in [4.69, 9.17) is 9.47 Å². The van der Waals surface area contributed by atoms with E-state index in [1.54, 1.807) is 21.6 Å². The summed E-state index contributed by atoms with van der Waals surface area (Å²) in [5, 5.41) is 8.43. The van der Waals surface area contributed by atoms with Crippen LogP contribution in [0.1, 0.15) is 39.0 Å². The summed E-state index contributed by atoms with van der Waals surface area (Å²) in [6.45, 7) is 4.72. The number of methoxy groups -OCH3 is 1. The number of aryl methyl sites for hydroxylation is 1. The topological polar surface area (TPSA) is 89.8 Å². The SMILES string of the molecule is COc1ccccc1CC(=O)N1CCN(C(=O)c2nnn3c2CO[C@@H](c2ccc(C)cc2)C3)CC1. The molecule has 1 aromatic heterocycles. The molecule has 3 heterocycles. The van der Waals surface area contributed by atoms with Crippen LogP contribution in [0, 0.1) is 6.92 Å². The normalized spacial score (nSPS) is 17.7. The van der Waals surface area contributed by atoms with Gasteiger partial charge >= 0.3 is 0 Å². The highest BCUT2D eigenvalue weighted by molar-refractivity contribution is 5.93. The van der Waals surface area contributed by atoms with Crippen molar-refractivity contribution in [1.82, 2.24) is 24.8 Å². The van der Waals surface area contributed by atoms with Crippen LogP contribution in [0.2, 0.25) is 0 Å². The molecule has 1 fully saturated rings. The van der Waals surface area contributed by atoms with Crippen LogP contribution in [0.5, 0.6) is 5.75 Å². The largest absolute Gasteiger partial charge is 0.496 e. The molecule has 182 valence electrons. The molecule has 3 aromatic rings. The number of amides is 2. The second-order valence-corrected chi connectivity index (χ2v) is 8.94. The quantitative estimate of drug-likeness (QED) is 0.563. The molecule has 0 aliphatic carbocycles. The Labute approximate surface area is 204 Å². The van der Waals surface area contributed by atoms with Crippen molar-refractivity contribution in [2.24, 2.45) is 0 Å². The van der Waals surface area contributed by atoms with Gasteiger partial charge in [-0.15, -0.1) is 5.10 Å². The van der Waals surface area contributed by atoms with E-state index in [9.17, 15) is 9.59 Å². The van der Waals surface area contributed by atoms with E-state index in [0.29, 0.717) is 49.9 Å². The Morgan fingerprint density at radius 1 is 1.03 bits per heavy atom. The zero-order valence-corrected chi connectivity index (χ0v) is 20.0. The number of benzene rings is 2. The van der Waals surface area contributed by atoms with E-state index in [1.165, 1.54) is 5.56 Å². The van der Waals surface area contributed by atoms with Crippen molar-refractivity contribution in [3.05, 3.63) is 76.6 Å². The third kappa shape index (κ3) is 4.77. The third-order valence-electron chi connectivity index (χ3n) is 6.70. The van der Waals surface area contributed by atoms with E-state index in [-0.39, 0.29) is 30.9 Å². The summed E-state index contributed by atoms with van der Waals surface area (Å²) >= 11 is 0. The lowest BCUT2D eigenvalue weighted by molar-refractivity contribution is -0.131. The zero-order valence-electron chi connectivity index (χ0n) is 20.0. The summed E-state index contributed by atoms with van der Waals surface area (Å²) in [5.41, 5.74) is 4.17.